The summed E-state index contributed by atoms with van der Waals surface area (Å²) in [5, 5.41) is 5.81. The molecule has 1 aromatic rings. The molecular formula is C22H31F3N2O4. The van der Waals surface area contributed by atoms with Gasteiger partial charge >= 0.3 is 18.2 Å². The number of anilines is 1. The Bertz CT molecular complexity index is 790. The van der Waals surface area contributed by atoms with E-state index in [1.54, 1.807) is 20.8 Å². The molecule has 0 aliphatic heterocycles. The Labute approximate surface area is 180 Å². The minimum Gasteiger partial charge on any atom is -0.465 e. The zero-order chi connectivity index (χ0) is 23.4. The summed E-state index contributed by atoms with van der Waals surface area (Å²) >= 11 is 0. The topological polar surface area (TPSA) is 76.7 Å². The fourth-order valence-electron chi connectivity index (χ4n) is 3.81. The third kappa shape index (κ3) is 7.33. The van der Waals surface area contributed by atoms with Crippen LogP contribution in [0, 0.1) is 5.92 Å². The molecule has 1 amide bonds. The number of nitrogens with one attached hydrogen (secondary N) is 2. The Morgan fingerprint density at radius 2 is 1.84 bits per heavy atom. The lowest BCUT2D eigenvalue weighted by atomic mass is 9.81. The lowest BCUT2D eigenvalue weighted by Gasteiger charge is -2.35. The molecule has 0 aromatic heterocycles. The highest BCUT2D eigenvalue weighted by atomic mass is 19.4. The number of amides is 1. The Hall–Kier alpha value is -2.45. The summed E-state index contributed by atoms with van der Waals surface area (Å²) in [7, 11) is 1.18. The zero-order valence-corrected chi connectivity index (χ0v) is 18.6. The molecular weight excluding hydrogens is 413 g/mol. The molecule has 1 saturated carbocycles. The van der Waals surface area contributed by atoms with Crippen molar-refractivity contribution in [3.63, 3.8) is 0 Å². The first-order valence-electron chi connectivity index (χ1n) is 10.4. The van der Waals surface area contributed by atoms with E-state index in [9.17, 15) is 22.8 Å². The van der Waals surface area contributed by atoms with Crippen LogP contribution in [0.2, 0.25) is 0 Å². The first-order valence-corrected chi connectivity index (χ1v) is 10.4. The van der Waals surface area contributed by atoms with E-state index in [0.29, 0.717) is 6.42 Å². The number of hydrogen-bond acceptors (Lipinski definition) is 5. The van der Waals surface area contributed by atoms with Gasteiger partial charge in [0.2, 0.25) is 0 Å². The average Bonchev–Trinajstić information content (AvgIpc) is 2.65. The Balaban J connectivity index is 2.12. The van der Waals surface area contributed by atoms with E-state index in [1.807, 2.05) is 6.92 Å². The van der Waals surface area contributed by atoms with Gasteiger partial charge in [0.15, 0.2) is 0 Å². The van der Waals surface area contributed by atoms with Crippen LogP contribution < -0.4 is 10.6 Å². The van der Waals surface area contributed by atoms with Crippen LogP contribution in [0.1, 0.15) is 69.3 Å². The van der Waals surface area contributed by atoms with Crippen molar-refractivity contribution in [2.45, 2.75) is 77.2 Å². The van der Waals surface area contributed by atoms with Crippen LogP contribution in [0.4, 0.5) is 23.7 Å². The summed E-state index contributed by atoms with van der Waals surface area (Å²) in [6.45, 7) is 7.15. The lowest BCUT2D eigenvalue weighted by molar-refractivity contribution is -0.137. The van der Waals surface area contributed by atoms with E-state index in [4.69, 9.17) is 4.74 Å². The van der Waals surface area contributed by atoms with Crippen molar-refractivity contribution in [3.05, 3.63) is 29.3 Å². The van der Waals surface area contributed by atoms with Gasteiger partial charge in [-0.25, -0.2) is 9.59 Å². The molecule has 6 nitrogen and oxygen atoms in total. The van der Waals surface area contributed by atoms with Gasteiger partial charge in [0.1, 0.15) is 5.60 Å². The standard InChI is InChI=1S/C22H31F3N2O4/c1-13(14-7-6-8-16(11-14)27-20(29)31-21(2,3)4)26-18-12-15(19(28)30-5)9-10-17(18)22(23,24)25/h9-10,12-14,16,26H,6-8,11H2,1-5H3,(H,27,29)/t13-,14-,16+/m0/s1. The van der Waals surface area contributed by atoms with Gasteiger partial charge in [-0.1, -0.05) is 6.42 Å². The summed E-state index contributed by atoms with van der Waals surface area (Å²) in [6.07, 6.45) is -2.00. The molecule has 174 valence electrons. The number of halogens is 3. The minimum atomic E-state index is -4.57. The van der Waals surface area contributed by atoms with Crippen molar-refractivity contribution >= 4 is 17.7 Å². The Morgan fingerprint density at radius 3 is 2.42 bits per heavy atom. The molecule has 3 atom stereocenters. The highest BCUT2D eigenvalue weighted by Gasteiger charge is 2.35. The van der Waals surface area contributed by atoms with E-state index in [-0.39, 0.29) is 29.3 Å². The van der Waals surface area contributed by atoms with Crippen molar-refractivity contribution in [3.8, 4) is 0 Å². The monoisotopic (exact) mass is 444 g/mol. The second kappa shape index (κ2) is 9.78. The van der Waals surface area contributed by atoms with Crippen LogP contribution in [0.25, 0.3) is 0 Å². The molecule has 0 saturated heterocycles. The van der Waals surface area contributed by atoms with Gasteiger partial charge in [-0.3, -0.25) is 0 Å². The molecule has 31 heavy (non-hydrogen) atoms. The number of carbonyl (C=O) groups excluding carboxylic acids is 2. The fraction of sp³-hybridized carbons (Fsp3) is 0.636. The lowest BCUT2D eigenvalue weighted by Crippen LogP contribution is -2.43. The summed E-state index contributed by atoms with van der Waals surface area (Å²) in [5.41, 5.74) is -1.57. The normalized spacial score (nSPS) is 20.5. The number of methoxy groups -OCH3 is 1. The first kappa shape index (κ1) is 24.8. The Kier molecular flexibility index (Phi) is 7.83. The van der Waals surface area contributed by atoms with Crippen LogP contribution in [-0.2, 0) is 15.7 Å². The van der Waals surface area contributed by atoms with Crippen molar-refractivity contribution in [2.24, 2.45) is 5.92 Å². The number of benzene rings is 1. The van der Waals surface area contributed by atoms with Crippen LogP contribution >= 0.6 is 0 Å². The molecule has 0 heterocycles. The number of ether oxygens (including phenoxy) is 2. The van der Waals surface area contributed by atoms with E-state index >= 15 is 0 Å². The van der Waals surface area contributed by atoms with Gasteiger partial charge in [-0.05, 0) is 71.1 Å². The Morgan fingerprint density at radius 1 is 1.16 bits per heavy atom. The number of hydrogen-bond donors (Lipinski definition) is 2. The van der Waals surface area contributed by atoms with E-state index < -0.39 is 29.4 Å². The molecule has 1 aliphatic rings. The summed E-state index contributed by atoms with van der Waals surface area (Å²) in [4.78, 5) is 23.8. The predicted molar refractivity (Wildman–Crippen MR) is 111 cm³/mol. The molecule has 0 bridgehead atoms. The largest absolute Gasteiger partial charge is 0.465 e. The summed E-state index contributed by atoms with van der Waals surface area (Å²) < 4.78 is 50.4. The van der Waals surface area contributed by atoms with Gasteiger partial charge in [-0.2, -0.15) is 13.2 Å². The van der Waals surface area contributed by atoms with Crippen LogP contribution in [-0.4, -0.2) is 36.9 Å². The van der Waals surface area contributed by atoms with Crippen molar-refractivity contribution in [1.82, 2.24) is 5.32 Å². The number of alkyl halides is 3. The fourth-order valence-corrected chi connectivity index (χ4v) is 3.81. The second-order valence-corrected chi connectivity index (χ2v) is 8.95. The van der Waals surface area contributed by atoms with Crippen LogP contribution in [0.3, 0.4) is 0 Å². The number of esters is 1. The number of carbonyl (C=O) groups is 2. The molecule has 0 spiro atoms. The van der Waals surface area contributed by atoms with E-state index in [2.05, 4.69) is 15.4 Å². The second-order valence-electron chi connectivity index (χ2n) is 8.95. The maximum Gasteiger partial charge on any atom is 0.418 e. The molecule has 0 unspecified atom stereocenters. The minimum absolute atomic E-state index is 0.0385. The molecule has 9 heteroatoms. The number of alkyl carbamates (subject to hydrolysis) is 1. The third-order valence-electron chi connectivity index (χ3n) is 5.27. The zero-order valence-electron chi connectivity index (χ0n) is 18.6. The molecule has 1 fully saturated rings. The highest BCUT2D eigenvalue weighted by Crippen LogP contribution is 2.37. The molecule has 0 radical (unpaired) electrons. The molecule has 1 aromatic carbocycles. The predicted octanol–water partition coefficient (Wildman–Crippen LogP) is 5.38. The van der Waals surface area contributed by atoms with Gasteiger partial charge in [0, 0.05) is 17.8 Å². The molecule has 1 aliphatic carbocycles. The summed E-state index contributed by atoms with van der Waals surface area (Å²) in [5.74, 6) is -0.666. The summed E-state index contributed by atoms with van der Waals surface area (Å²) in [6, 6.07) is 2.74. The SMILES string of the molecule is COC(=O)c1ccc(C(F)(F)F)c(N[C@@H](C)[C@H]2CCC[C@@H](NC(=O)OC(C)(C)C)C2)c1. The molecule has 2 N–H and O–H groups in total. The maximum absolute atomic E-state index is 13.5. The van der Waals surface area contributed by atoms with Crippen molar-refractivity contribution in [1.29, 1.82) is 0 Å². The van der Waals surface area contributed by atoms with Crippen LogP contribution in [0.15, 0.2) is 18.2 Å². The highest BCUT2D eigenvalue weighted by molar-refractivity contribution is 5.90. The van der Waals surface area contributed by atoms with Crippen molar-refractivity contribution in [2.75, 3.05) is 12.4 Å². The third-order valence-corrected chi connectivity index (χ3v) is 5.27. The average molecular weight is 444 g/mol. The first-order chi connectivity index (χ1) is 14.3. The van der Waals surface area contributed by atoms with E-state index in [1.165, 1.54) is 13.2 Å². The number of rotatable bonds is 5. The smallest absolute Gasteiger partial charge is 0.418 e. The van der Waals surface area contributed by atoms with Gasteiger partial charge in [-0.15, -0.1) is 0 Å². The quantitative estimate of drug-likeness (QED) is 0.597. The van der Waals surface area contributed by atoms with E-state index in [0.717, 1.165) is 31.4 Å². The van der Waals surface area contributed by atoms with Crippen LogP contribution in [0.5, 0.6) is 0 Å². The van der Waals surface area contributed by atoms with Gasteiger partial charge in [0.25, 0.3) is 0 Å². The van der Waals surface area contributed by atoms with Gasteiger partial charge < -0.3 is 20.1 Å². The molecule has 2 rings (SSSR count). The van der Waals surface area contributed by atoms with Crippen molar-refractivity contribution < 1.29 is 32.2 Å². The maximum atomic E-state index is 13.5. The van der Waals surface area contributed by atoms with Gasteiger partial charge in [0.05, 0.1) is 18.2 Å².